The van der Waals surface area contributed by atoms with Crippen LogP contribution in [0.15, 0.2) is 54.6 Å². The average Bonchev–Trinajstić information content (AvgIpc) is 2.68. The predicted octanol–water partition coefficient (Wildman–Crippen LogP) is 4.60. The Morgan fingerprint density at radius 1 is 0.926 bits per heavy atom. The molecule has 0 atom stereocenters. The minimum absolute atomic E-state index is 0.241. The van der Waals surface area contributed by atoms with E-state index in [4.69, 9.17) is 5.26 Å². The summed E-state index contributed by atoms with van der Waals surface area (Å²) in [6, 6.07) is 13.3. The highest BCUT2D eigenvalue weighted by Gasteiger charge is 2.24. The van der Waals surface area contributed by atoms with E-state index in [1.54, 1.807) is 24.3 Å². The van der Waals surface area contributed by atoms with Gasteiger partial charge in [-0.05, 0) is 36.4 Å². The van der Waals surface area contributed by atoms with Gasteiger partial charge >= 0.3 is 0 Å². The number of phenols is 1. The fourth-order valence-corrected chi connectivity index (χ4v) is 2.57. The van der Waals surface area contributed by atoms with E-state index in [0.717, 1.165) is 18.2 Å². The maximum absolute atomic E-state index is 14.8. The van der Waals surface area contributed by atoms with Crippen LogP contribution in [0.2, 0.25) is 0 Å². The van der Waals surface area contributed by atoms with E-state index in [0.29, 0.717) is 0 Å². The summed E-state index contributed by atoms with van der Waals surface area (Å²) < 4.78 is 43.4. The zero-order chi connectivity index (χ0) is 19.6. The number of nitrogens with zero attached hydrogens (tertiary/aromatic N) is 1. The predicted molar refractivity (Wildman–Crippen MR) is 92.5 cm³/mol. The van der Waals surface area contributed by atoms with E-state index in [2.05, 4.69) is 5.32 Å². The molecule has 7 heteroatoms. The zero-order valence-electron chi connectivity index (χ0n) is 13.6. The third kappa shape index (κ3) is 3.33. The van der Waals surface area contributed by atoms with Gasteiger partial charge in [0.2, 0.25) is 0 Å². The maximum Gasteiger partial charge on any atom is 0.255 e. The van der Waals surface area contributed by atoms with Crippen molar-refractivity contribution in [1.29, 1.82) is 5.26 Å². The molecule has 1 amide bonds. The second-order valence-electron chi connectivity index (χ2n) is 5.54. The van der Waals surface area contributed by atoms with Crippen LogP contribution in [0.1, 0.15) is 15.9 Å². The number of aromatic hydroxyl groups is 1. The molecule has 0 aliphatic rings. The normalized spacial score (nSPS) is 10.3. The van der Waals surface area contributed by atoms with E-state index >= 15 is 0 Å². The number of carbonyl (C=O) groups is 1. The first-order valence-corrected chi connectivity index (χ1v) is 7.70. The van der Waals surface area contributed by atoms with Crippen molar-refractivity contribution in [2.75, 3.05) is 5.32 Å². The number of rotatable bonds is 3. The Bertz CT molecular complexity index is 1080. The molecule has 134 valence electrons. The fourth-order valence-electron chi connectivity index (χ4n) is 2.57. The van der Waals surface area contributed by atoms with E-state index in [9.17, 15) is 23.1 Å². The number of hydrogen-bond acceptors (Lipinski definition) is 3. The topological polar surface area (TPSA) is 73.1 Å². The van der Waals surface area contributed by atoms with Gasteiger partial charge in [0.25, 0.3) is 5.91 Å². The number of benzene rings is 3. The standard InChI is InChI=1S/C20H11F3N2O2/c21-13-7-9-15(26)19(23)16(13)17-14(8-6-12(10-24)18(17)22)25-20(27)11-4-2-1-3-5-11/h1-9,26H,(H,25,27). The molecule has 0 radical (unpaired) electrons. The van der Waals surface area contributed by atoms with E-state index < -0.39 is 45.8 Å². The number of nitriles is 1. The summed E-state index contributed by atoms with van der Waals surface area (Å²) in [5.74, 6) is -5.31. The Balaban J connectivity index is 2.20. The van der Waals surface area contributed by atoms with Crippen LogP contribution in [0.3, 0.4) is 0 Å². The Kier molecular flexibility index (Phi) is 4.81. The van der Waals surface area contributed by atoms with Gasteiger partial charge in [-0.2, -0.15) is 5.26 Å². The number of carbonyl (C=O) groups excluding carboxylic acids is 1. The molecule has 0 fully saturated rings. The molecule has 0 aromatic heterocycles. The lowest BCUT2D eigenvalue weighted by Gasteiger charge is -2.15. The lowest BCUT2D eigenvalue weighted by Crippen LogP contribution is -2.13. The van der Waals surface area contributed by atoms with Gasteiger partial charge in [-0.1, -0.05) is 18.2 Å². The first-order valence-electron chi connectivity index (χ1n) is 7.70. The van der Waals surface area contributed by atoms with Crippen molar-refractivity contribution in [3.8, 4) is 22.9 Å². The average molecular weight is 368 g/mol. The van der Waals surface area contributed by atoms with Crippen molar-refractivity contribution in [2.24, 2.45) is 0 Å². The first-order chi connectivity index (χ1) is 12.9. The molecule has 0 bridgehead atoms. The van der Waals surface area contributed by atoms with Crippen LogP contribution in [0, 0.1) is 28.8 Å². The van der Waals surface area contributed by atoms with Gasteiger partial charge in [-0.15, -0.1) is 0 Å². The third-order valence-corrected chi connectivity index (χ3v) is 3.87. The Labute approximate surface area is 152 Å². The Morgan fingerprint density at radius 3 is 2.30 bits per heavy atom. The second kappa shape index (κ2) is 7.22. The van der Waals surface area contributed by atoms with Crippen molar-refractivity contribution in [3.63, 3.8) is 0 Å². The monoisotopic (exact) mass is 368 g/mol. The highest BCUT2D eigenvalue weighted by Crippen LogP contribution is 2.38. The Hall–Kier alpha value is -3.79. The van der Waals surface area contributed by atoms with Crippen molar-refractivity contribution >= 4 is 11.6 Å². The molecule has 0 aliphatic carbocycles. The van der Waals surface area contributed by atoms with Gasteiger partial charge in [0.15, 0.2) is 17.4 Å². The number of nitrogens with one attached hydrogen (secondary N) is 1. The highest BCUT2D eigenvalue weighted by molar-refractivity contribution is 6.06. The van der Waals surface area contributed by atoms with E-state index in [1.807, 2.05) is 0 Å². The molecule has 3 aromatic carbocycles. The quantitative estimate of drug-likeness (QED) is 0.710. The van der Waals surface area contributed by atoms with Gasteiger partial charge < -0.3 is 10.4 Å². The van der Waals surface area contributed by atoms with Gasteiger partial charge in [0.1, 0.15) is 11.9 Å². The molecule has 0 saturated carbocycles. The van der Waals surface area contributed by atoms with Crippen LogP contribution in [0.4, 0.5) is 18.9 Å². The second-order valence-corrected chi connectivity index (χ2v) is 5.54. The smallest absolute Gasteiger partial charge is 0.255 e. The summed E-state index contributed by atoms with van der Waals surface area (Å²) in [6.07, 6.45) is 0. The molecule has 3 aromatic rings. The van der Waals surface area contributed by atoms with Gasteiger partial charge in [0, 0.05) is 11.1 Å². The molecular weight excluding hydrogens is 357 g/mol. The molecule has 3 rings (SSSR count). The molecule has 0 spiro atoms. The van der Waals surface area contributed by atoms with Crippen LogP contribution >= 0.6 is 0 Å². The van der Waals surface area contributed by atoms with Crippen LogP contribution in [0.25, 0.3) is 11.1 Å². The van der Waals surface area contributed by atoms with Crippen molar-refractivity contribution < 1.29 is 23.1 Å². The summed E-state index contributed by atoms with van der Waals surface area (Å²) in [4.78, 5) is 12.4. The summed E-state index contributed by atoms with van der Waals surface area (Å²) in [5.41, 5.74) is -2.02. The first kappa shape index (κ1) is 18.0. The molecular formula is C20H11F3N2O2. The summed E-state index contributed by atoms with van der Waals surface area (Å²) >= 11 is 0. The fraction of sp³-hybridized carbons (Fsp3) is 0. The maximum atomic E-state index is 14.8. The van der Waals surface area contributed by atoms with Gasteiger partial charge in [0.05, 0.1) is 16.8 Å². The van der Waals surface area contributed by atoms with E-state index in [-0.39, 0.29) is 11.3 Å². The van der Waals surface area contributed by atoms with Crippen LogP contribution in [-0.4, -0.2) is 11.0 Å². The SMILES string of the molecule is N#Cc1ccc(NC(=O)c2ccccc2)c(-c2c(F)ccc(O)c2F)c1F. The number of hydrogen-bond donors (Lipinski definition) is 2. The third-order valence-electron chi connectivity index (χ3n) is 3.87. The van der Waals surface area contributed by atoms with Gasteiger partial charge in [-0.25, -0.2) is 13.2 Å². The van der Waals surface area contributed by atoms with Crippen LogP contribution in [-0.2, 0) is 0 Å². The van der Waals surface area contributed by atoms with Crippen LogP contribution in [0.5, 0.6) is 5.75 Å². The molecule has 0 heterocycles. The highest BCUT2D eigenvalue weighted by atomic mass is 19.1. The number of phenolic OH excluding ortho intramolecular Hbond substituents is 1. The minimum Gasteiger partial charge on any atom is -0.505 e. The number of halogens is 3. The molecule has 0 aliphatic heterocycles. The Morgan fingerprint density at radius 2 is 1.63 bits per heavy atom. The summed E-state index contributed by atoms with van der Waals surface area (Å²) in [7, 11) is 0. The summed E-state index contributed by atoms with van der Waals surface area (Å²) in [6.45, 7) is 0. The van der Waals surface area contributed by atoms with Crippen molar-refractivity contribution in [3.05, 3.63) is 83.2 Å². The largest absolute Gasteiger partial charge is 0.505 e. The lowest BCUT2D eigenvalue weighted by molar-refractivity contribution is 0.102. The van der Waals surface area contributed by atoms with Gasteiger partial charge in [-0.3, -0.25) is 4.79 Å². The zero-order valence-corrected chi connectivity index (χ0v) is 13.6. The number of amides is 1. The van der Waals surface area contributed by atoms with Crippen LogP contribution < -0.4 is 5.32 Å². The van der Waals surface area contributed by atoms with E-state index in [1.165, 1.54) is 18.2 Å². The molecule has 0 unspecified atom stereocenters. The minimum atomic E-state index is -1.40. The number of anilines is 1. The summed E-state index contributed by atoms with van der Waals surface area (Å²) in [5, 5.41) is 20.9. The lowest BCUT2D eigenvalue weighted by atomic mass is 9.98. The molecule has 2 N–H and O–H groups in total. The molecule has 4 nitrogen and oxygen atoms in total. The van der Waals surface area contributed by atoms with Crippen molar-refractivity contribution in [2.45, 2.75) is 0 Å². The molecule has 27 heavy (non-hydrogen) atoms. The van der Waals surface area contributed by atoms with Crippen molar-refractivity contribution in [1.82, 2.24) is 0 Å². The molecule has 0 saturated heterocycles.